The average Bonchev–Trinajstić information content (AvgIpc) is 2.41. The van der Waals surface area contributed by atoms with Gasteiger partial charge in [0.25, 0.3) is 0 Å². The van der Waals surface area contributed by atoms with E-state index >= 15 is 0 Å². The Hall–Kier alpha value is -1.83. The molecule has 0 aliphatic carbocycles. The Labute approximate surface area is 113 Å². The van der Waals surface area contributed by atoms with E-state index < -0.39 is 0 Å². The molecule has 0 fully saturated rings. The lowest BCUT2D eigenvalue weighted by molar-refractivity contribution is 0.462. The van der Waals surface area contributed by atoms with Gasteiger partial charge in [0, 0.05) is 6.42 Å². The molecule has 0 heterocycles. The standard InChI is InChI=1S/C17H19FO/c1-3-13-8-9-14(17(19)16(13)4-2)10-12-6-5-7-15(18)11-12/h5-9,11,19H,3-4,10H2,1-2H3. The predicted molar refractivity (Wildman–Crippen MR) is 76.1 cm³/mol. The molecule has 2 aromatic carbocycles. The summed E-state index contributed by atoms with van der Waals surface area (Å²) in [6.45, 7) is 4.13. The molecule has 0 saturated heterocycles. The Balaban J connectivity index is 2.36. The van der Waals surface area contributed by atoms with Crippen LogP contribution in [0.25, 0.3) is 0 Å². The van der Waals surface area contributed by atoms with Crippen LogP contribution in [0.2, 0.25) is 0 Å². The summed E-state index contributed by atoms with van der Waals surface area (Å²) in [7, 11) is 0. The second-order valence-electron chi connectivity index (χ2n) is 4.72. The third-order valence-electron chi connectivity index (χ3n) is 3.48. The number of phenolic OH excluding ortho intramolecular Hbond substituents is 1. The number of rotatable bonds is 4. The molecule has 0 unspecified atom stereocenters. The Morgan fingerprint density at radius 3 is 2.37 bits per heavy atom. The van der Waals surface area contributed by atoms with Crippen LogP contribution in [0, 0.1) is 5.82 Å². The maximum absolute atomic E-state index is 13.2. The third kappa shape index (κ3) is 2.95. The molecule has 0 aromatic heterocycles. The number of hydrogen-bond acceptors (Lipinski definition) is 1. The molecule has 2 aromatic rings. The Morgan fingerprint density at radius 1 is 1.00 bits per heavy atom. The largest absolute Gasteiger partial charge is 0.507 e. The zero-order valence-corrected chi connectivity index (χ0v) is 11.4. The van der Waals surface area contributed by atoms with Crippen molar-refractivity contribution >= 4 is 0 Å². The van der Waals surface area contributed by atoms with Crippen LogP contribution in [0.3, 0.4) is 0 Å². The van der Waals surface area contributed by atoms with Crippen molar-refractivity contribution in [3.63, 3.8) is 0 Å². The highest BCUT2D eigenvalue weighted by atomic mass is 19.1. The predicted octanol–water partition coefficient (Wildman–Crippen LogP) is 4.25. The minimum absolute atomic E-state index is 0.238. The van der Waals surface area contributed by atoms with E-state index in [1.807, 2.05) is 19.1 Å². The number of aryl methyl sites for hydroxylation is 1. The van der Waals surface area contributed by atoms with Crippen molar-refractivity contribution in [1.82, 2.24) is 0 Å². The molecular formula is C17H19FO. The summed E-state index contributed by atoms with van der Waals surface area (Å²) in [6, 6.07) is 10.5. The van der Waals surface area contributed by atoms with Crippen LogP contribution in [0.4, 0.5) is 4.39 Å². The highest BCUT2D eigenvalue weighted by molar-refractivity contribution is 5.47. The van der Waals surface area contributed by atoms with Crippen molar-refractivity contribution in [1.29, 1.82) is 0 Å². The van der Waals surface area contributed by atoms with E-state index in [1.54, 1.807) is 6.07 Å². The molecule has 1 N–H and O–H groups in total. The van der Waals surface area contributed by atoms with E-state index in [1.165, 1.54) is 17.7 Å². The maximum Gasteiger partial charge on any atom is 0.123 e. The monoisotopic (exact) mass is 258 g/mol. The summed E-state index contributed by atoms with van der Waals surface area (Å²) in [5.74, 6) is 0.129. The topological polar surface area (TPSA) is 20.2 Å². The van der Waals surface area contributed by atoms with Gasteiger partial charge in [-0.15, -0.1) is 0 Å². The maximum atomic E-state index is 13.2. The zero-order chi connectivity index (χ0) is 13.8. The summed E-state index contributed by atoms with van der Waals surface area (Å²) in [5.41, 5.74) is 3.93. The number of hydrogen-bond donors (Lipinski definition) is 1. The highest BCUT2D eigenvalue weighted by Gasteiger charge is 2.10. The molecule has 2 rings (SSSR count). The number of aromatic hydroxyl groups is 1. The Bertz CT molecular complexity index is 575. The van der Waals surface area contributed by atoms with Crippen LogP contribution in [-0.4, -0.2) is 5.11 Å². The number of phenols is 1. The fourth-order valence-electron chi connectivity index (χ4n) is 2.46. The van der Waals surface area contributed by atoms with E-state index in [2.05, 4.69) is 13.0 Å². The van der Waals surface area contributed by atoms with Crippen LogP contribution in [0.1, 0.15) is 36.1 Å². The molecule has 0 aliphatic heterocycles. The molecule has 0 saturated carbocycles. The quantitative estimate of drug-likeness (QED) is 0.869. The Morgan fingerprint density at radius 2 is 1.74 bits per heavy atom. The van der Waals surface area contributed by atoms with Crippen molar-refractivity contribution in [3.05, 3.63) is 64.5 Å². The minimum atomic E-state index is -0.238. The molecule has 0 radical (unpaired) electrons. The lowest BCUT2D eigenvalue weighted by Gasteiger charge is -2.13. The van der Waals surface area contributed by atoms with Gasteiger partial charge in [0.05, 0.1) is 0 Å². The van der Waals surface area contributed by atoms with Gasteiger partial charge in [-0.3, -0.25) is 0 Å². The summed E-state index contributed by atoms with van der Waals surface area (Å²) in [6.07, 6.45) is 2.28. The molecule has 2 heteroatoms. The molecule has 100 valence electrons. The lowest BCUT2D eigenvalue weighted by atomic mass is 9.95. The molecule has 1 nitrogen and oxygen atoms in total. The van der Waals surface area contributed by atoms with Crippen LogP contribution in [0.5, 0.6) is 5.75 Å². The van der Waals surface area contributed by atoms with E-state index in [0.717, 1.165) is 29.5 Å². The number of halogens is 1. The summed E-state index contributed by atoms with van der Waals surface area (Å²) in [4.78, 5) is 0. The minimum Gasteiger partial charge on any atom is -0.507 e. The zero-order valence-electron chi connectivity index (χ0n) is 11.4. The first-order chi connectivity index (χ1) is 9.15. The normalized spacial score (nSPS) is 10.7. The van der Waals surface area contributed by atoms with Gasteiger partial charge in [-0.1, -0.05) is 38.1 Å². The first kappa shape index (κ1) is 13.6. The van der Waals surface area contributed by atoms with Crippen molar-refractivity contribution in [2.24, 2.45) is 0 Å². The van der Waals surface area contributed by atoms with Gasteiger partial charge in [-0.25, -0.2) is 4.39 Å². The van der Waals surface area contributed by atoms with Crippen molar-refractivity contribution in [2.75, 3.05) is 0 Å². The fraction of sp³-hybridized carbons (Fsp3) is 0.294. The van der Waals surface area contributed by atoms with E-state index in [-0.39, 0.29) is 5.82 Å². The van der Waals surface area contributed by atoms with Crippen LogP contribution in [-0.2, 0) is 19.3 Å². The van der Waals surface area contributed by atoms with Crippen LogP contribution < -0.4 is 0 Å². The lowest BCUT2D eigenvalue weighted by Crippen LogP contribution is -1.97. The first-order valence-corrected chi connectivity index (χ1v) is 6.72. The van der Waals surface area contributed by atoms with Gasteiger partial charge < -0.3 is 5.11 Å². The molecule has 0 spiro atoms. The van der Waals surface area contributed by atoms with Gasteiger partial charge in [0.15, 0.2) is 0 Å². The van der Waals surface area contributed by atoms with Crippen molar-refractivity contribution < 1.29 is 9.50 Å². The van der Waals surface area contributed by atoms with E-state index in [9.17, 15) is 9.50 Å². The molecule has 0 amide bonds. The Kier molecular flexibility index (Phi) is 4.20. The highest BCUT2D eigenvalue weighted by Crippen LogP contribution is 2.29. The van der Waals surface area contributed by atoms with Crippen molar-refractivity contribution in [3.8, 4) is 5.75 Å². The first-order valence-electron chi connectivity index (χ1n) is 6.72. The summed E-state index contributed by atoms with van der Waals surface area (Å²) in [5, 5.41) is 10.3. The van der Waals surface area contributed by atoms with Crippen molar-refractivity contribution in [2.45, 2.75) is 33.1 Å². The summed E-state index contributed by atoms with van der Waals surface area (Å²) >= 11 is 0. The third-order valence-corrected chi connectivity index (χ3v) is 3.48. The smallest absolute Gasteiger partial charge is 0.123 e. The van der Waals surface area contributed by atoms with E-state index in [0.29, 0.717) is 12.2 Å². The van der Waals surface area contributed by atoms with Crippen LogP contribution in [0.15, 0.2) is 36.4 Å². The molecular weight excluding hydrogens is 239 g/mol. The van der Waals surface area contributed by atoms with Gasteiger partial charge >= 0.3 is 0 Å². The van der Waals surface area contributed by atoms with Gasteiger partial charge in [-0.05, 0) is 47.2 Å². The van der Waals surface area contributed by atoms with Gasteiger partial charge in [-0.2, -0.15) is 0 Å². The SMILES string of the molecule is CCc1ccc(Cc2cccc(F)c2)c(O)c1CC. The van der Waals surface area contributed by atoms with E-state index in [4.69, 9.17) is 0 Å². The van der Waals surface area contributed by atoms with Crippen LogP contribution >= 0.6 is 0 Å². The molecule has 0 aliphatic rings. The second-order valence-corrected chi connectivity index (χ2v) is 4.72. The molecule has 0 bridgehead atoms. The van der Waals surface area contributed by atoms with Gasteiger partial charge in [0.1, 0.15) is 11.6 Å². The number of benzene rings is 2. The second kappa shape index (κ2) is 5.87. The molecule has 19 heavy (non-hydrogen) atoms. The fourth-order valence-corrected chi connectivity index (χ4v) is 2.46. The van der Waals surface area contributed by atoms with Gasteiger partial charge in [0.2, 0.25) is 0 Å². The average molecular weight is 258 g/mol. The summed E-state index contributed by atoms with van der Waals surface area (Å²) < 4.78 is 13.2. The molecule has 0 atom stereocenters.